The van der Waals surface area contributed by atoms with Crippen LogP contribution in [0.3, 0.4) is 0 Å². The number of hydrogen-bond donors (Lipinski definition) is 3. The van der Waals surface area contributed by atoms with E-state index in [1.54, 1.807) is 30.3 Å². The Morgan fingerprint density at radius 1 is 1.05 bits per heavy atom. The Kier molecular flexibility index (Phi) is 9.32. The fraction of sp³-hybridized carbons (Fsp3) is 0.286. The molecule has 1 aromatic carbocycles. The molecule has 3 heterocycles. The van der Waals surface area contributed by atoms with E-state index in [1.807, 2.05) is 6.07 Å². The highest BCUT2D eigenvalue weighted by molar-refractivity contribution is 7.17. The van der Waals surface area contributed by atoms with Gasteiger partial charge < -0.3 is 20.5 Å². The first-order chi connectivity index (χ1) is 20.2. The van der Waals surface area contributed by atoms with E-state index in [9.17, 15) is 27.9 Å². The maximum absolute atomic E-state index is 14.4. The topological polar surface area (TPSA) is 139 Å². The second kappa shape index (κ2) is 12.6. The number of ether oxygens (including phenoxy) is 1. The summed E-state index contributed by atoms with van der Waals surface area (Å²) in [6.07, 6.45) is -3.15. The quantitative estimate of drug-likeness (QED) is 0.211. The van der Waals surface area contributed by atoms with E-state index in [4.69, 9.17) is 16.3 Å². The molecule has 0 aliphatic heterocycles. The summed E-state index contributed by atoms with van der Waals surface area (Å²) in [5.74, 6) is -0.650. The Morgan fingerprint density at radius 3 is 2.37 bits per heavy atom. The van der Waals surface area contributed by atoms with Crippen LogP contribution in [-0.2, 0) is 22.5 Å². The maximum atomic E-state index is 14.4. The molecule has 3 N–H and O–H groups in total. The number of nitrogens with one attached hydrogen (secondary N) is 2. The number of carbonyl (C=O) groups is 2. The standard InChI is InChI=1S/C28H26ClF3N6O4S/c1-16-21(43-24(36-16)22-33-10-7-11-34-22)23(39)35-15-27(41,28(30,31)32)19-12-18(13-20(29)37-19)26(2,3)38-25(40)42-14-17-8-5-4-6-9-17/h4-13,41H,14-15H2,1-3H3,(H,35,39)(H,38,40). The van der Waals surface area contributed by atoms with Crippen LogP contribution in [0.1, 0.15) is 46.0 Å². The zero-order chi connectivity index (χ0) is 31.4. The summed E-state index contributed by atoms with van der Waals surface area (Å²) < 4.78 is 48.4. The predicted octanol–water partition coefficient (Wildman–Crippen LogP) is 5.30. The van der Waals surface area contributed by atoms with Crippen molar-refractivity contribution in [3.8, 4) is 10.8 Å². The summed E-state index contributed by atoms with van der Waals surface area (Å²) in [5.41, 5.74) is -4.75. The zero-order valence-electron chi connectivity index (χ0n) is 23.1. The highest BCUT2D eigenvalue weighted by Gasteiger charge is 2.56. The van der Waals surface area contributed by atoms with E-state index in [0.717, 1.165) is 23.0 Å². The third kappa shape index (κ3) is 7.45. The van der Waals surface area contributed by atoms with Gasteiger partial charge in [-0.2, -0.15) is 13.2 Å². The van der Waals surface area contributed by atoms with E-state index in [0.29, 0.717) is 5.01 Å². The van der Waals surface area contributed by atoms with Crippen LogP contribution in [0.15, 0.2) is 60.9 Å². The number of amides is 2. The van der Waals surface area contributed by atoms with Crippen LogP contribution in [0, 0.1) is 6.92 Å². The van der Waals surface area contributed by atoms with Crippen molar-refractivity contribution in [2.24, 2.45) is 0 Å². The van der Waals surface area contributed by atoms with Crippen molar-refractivity contribution in [3.05, 3.63) is 93.5 Å². The molecule has 3 aromatic heterocycles. The summed E-state index contributed by atoms with van der Waals surface area (Å²) in [4.78, 5) is 41.5. The van der Waals surface area contributed by atoms with Crippen LogP contribution in [0.4, 0.5) is 18.0 Å². The minimum Gasteiger partial charge on any atom is -0.445 e. The molecule has 10 nitrogen and oxygen atoms in total. The summed E-state index contributed by atoms with van der Waals surface area (Å²) in [5, 5.41) is 15.6. The van der Waals surface area contributed by atoms with Gasteiger partial charge in [-0.15, -0.1) is 11.3 Å². The molecule has 2 amide bonds. The first-order valence-corrected chi connectivity index (χ1v) is 13.9. The number of halogens is 4. The lowest BCUT2D eigenvalue weighted by atomic mass is 9.90. The molecule has 0 aliphatic carbocycles. The molecule has 0 bridgehead atoms. The predicted molar refractivity (Wildman–Crippen MR) is 152 cm³/mol. The molecule has 0 saturated carbocycles. The lowest BCUT2D eigenvalue weighted by Gasteiger charge is -2.32. The Hall–Kier alpha value is -4.14. The Bertz CT molecular complexity index is 1610. The van der Waals surface area contributed by atoms with Crippen molar-refractivity contribution in [1.29, 1.82) is 0 Å². The van der Waals surface area contributed by atoms with E-state index in [1.165, 1.54) is 39.2 Å². The Balaban J connectivity index is 1.54. The largest absolute Gasteiger partial charge is 0.445 e. The summed E-state index contributed by atoms with van der Waals surface area (Å²) >= 11 is 6.98. The molecule has 0 fully saturated rings. The molecule has 0 radical (unpaired) electrons. The summed E-state index contributed by atoms with van der Waals surface area (Å²) in [6, 6.07) is 12.7. The Morgan fingerprint density at radius 2 is 1.72 bits per heavy atom. The van der Waals surface area contributed by atoms with Gasteiger partial charge in [0, 0.05) is 12.4 Å². The molecule has 43 heavy (non-hydrogen) atoms. The third-order valence-corrected chi connectivity index (χ3v) is 7.65. The van der Waals surface area contributed by atoms with Gasteiger partial charge in [-0.3, -0.25) is 4.79 Å². The van der Waals surface area contributed by atoms with Crippen molar-refractivity contribution in [2.75, 3.05) is 6.54 Å². The number of hydrogen-bond acceptors (Lipinski definition) is 9. The minimum atomic E-state index is -5.28. The molecular formula is C28H26ClF3N6O4S. The van der Waals surface area contributed by atoms with Crippen molar-refractivity contribution < 1.29 is 32.6 Å². The Labute approximate surface area is 253 Å². The van der Waals surface area contributed by atoms with Gasteiger partial charge in [-0.05, 0) is 50.1 Å². The van der Waals surface area contributed by atoms with Crippen molar-refractivity contribution in [3.63, 3.8) is 0 Å². The molecule has 1 atom stereocenters. The molecule has 4 aromatic rings. The van der Waals surface area contributed by atoms with Gasteiger partial charge >= 0.3 is 12.3 Å². The molecule has 0 spiro atoms. The number of aryl methyl sites for hydroxylation is 1. The van der Waals surface area contributed by atoms with Crippen molar-refractivity contribution >= 4 is 34.9 Å². The fourth-order valence-electron chi connectivity index (χ4n) is 3.89. The number of nitrogens with zero attached hydrogens (tertiary/aromatic N) is 4. The number of benzene rings is 1. The lowest BCUT2D eigenvalue weighted by molar-refractivity contribution is -0.265. The zero-order valence-corrected chi connectivity index (χ0v) is 24.6. The van der Waals surface area contributed by atoms with Crippen molar-refractivity contribution in [1.82, 2.24) is 30.6 Å². The summed E-state index contributed by atoms with van der Waals surface area (Å²) in [6.45, 7) is 3.22. The highest BCUT2D eigenvalue weighted by atomic mass is 35.5. The van der Waals surface area contributed by atoms with Crippen LogP contribution in [0.25, 0.3) is 10.8 Å². The molecule has 0 aliphatic rings. The van der Waals surface area contributed by atoms with Crippen LogP contribution >= 0.6 is 22.9 Å². The monoisotopic (exact) mass is 634 g/mol. The van der Waals surface area contributed by atoms with Crippen LogP contribution in [-0.4, -0.2) is 49.8 Å². The first kappa shape index (κ1) is 31.8. The van der Waals surface area contributed by atoms with Gasteiger partial charge in [-0.25, -0.2) is 24.7 Å². The lowest BCUT2D eigenvalue weighted by Crippen LogP contribution is -2.52. The van der Waals surface area contributed by atoms with E-state index in [2.05, 4.69) is 30.6 Å². The molecule has 0 saturated heterocycles. The second-order valence-corrected chi connectivity index (χ2v) is 11.3. The van der Waals surface area contributed by atoms with Gasteiger partial charge in [0.05, 0.1) is 23.5 Å². The van der Waals surface area contributed by atoms with Crippen molar-refractivity contribution in [2.45, 2.75) is 44.7 Å². The average Bonchev–Trinajstić information content (AvgIpc) is 3.36. The number of rotatable bonds is 9. The molecule has 226 valence electrons. The van der Waals surface area contributed by atoms with Crippen LogP contribution < -0.4 is 10.6 Å². The van der Waals surface area contributed by atoms with E-state index >= 15 is 0 Å². The SMILES string of the molecule is Cc1nc(-c2ncccn2)sc1C(=O)NCC(O)(c1cc(C(C)(C)NC(=O)OCc2ccccc2)cc(Cl)n1)C(F)(F)F. The van der Waals surface area contributed by atoms with Gasteiger partial charge in [-0.1, -0.05) is 41.9 Å². The highest BCUT2D eigenvalue weighted by Crippen LogP contribution is 2.40. The first-order valence-electron chi connectivity index (χ1n) is 12.7. The van der Waals surface area contributed by atoms with Gasteiger partial charge in [0.1, 0.15) is 16.6 Å². The molecule has 15 heteroatoms. The molecule has 4 rings (SSSR count). The number of carbonyl (C=O) groups excluding carboxylic acids is 2. The minimum absolute atomic E-state index is 0.0195. The van der Waals surface area contributed by atoms with E-state index < -0.39 is 41.6 Å². The van der Waals surface area contributed by atoms with Crippen LogP contribution in [0.5, 0.6) is 0 Å². The number of alkyl carbamates (subject to hydrolysis) is 1. The van der Waals surface area contributed by atoms with Gasteiger partial charge in [0.2, 0.25) is 5.60 Å². The van der Waals surface area contributed by atoms with Gasteiger partial charge in [0.25, 0.3) is 5.91 Å². The second-order valence-electron chi connectivity index (χ2n) is 9.92. The number of pyridine rings is 1. The maximum Gasteiger partial charge on any atom is 0.424 e. The third-order valence-electron chi connectivity index (χ3n) is 6.30. The number of alkyl halides is 3. The molecule has 1 unspecified atom stereocenters. The number of aliphatic hydroxyl groups is 1. The molecular weight excluding hydrogens is 609 g/mol. The summed E-state index contributed by atoms with van der Waals surface area (Å²) in [7, 11) is 0. The fourth-order valence-corrected chi connectivity index (χ4v) is 5.03. The van der Waals surface area contributed by atoms with Crippen LogP contribution in [0.2, 0.25) is 5.15 Å². The number of thiazole rings is 1. The number of aromatic nitrogens is 4. The smallest absolute Gasteiger partial charge is 0.424 e. The normalized spacial score (nSPS) is 13.2. The van der Waals surface area contributed by atoms with Gasteiger partial charge in [0.15, 0.2) is 10.8 Å². The van der Waals surface area contributed by atoms with E-state index in [-0.39, 0.29) is 33.7 Å². The average molecular weight is 635 g/mol.